The van der Waals surface area contributed by atoms with E-state index < -0.39 is 0 Å². The minimum absolute atomic E-state index is 0.0279. The molecular weight excluding hydrogens is 200 g/mol. The van der Waals surface area contributed by atoms with Crippen LogP contribution in [0.25, 0.3) is 0 Å². The summed E-state index contributed by atoms with van der Waals surface area (Å²) in [6, 6.07) is 12.1. The molecule has 1 aliphatic rings. The van der Waals surface area contributed by atoms with Crippen molar-refractivity contribution < 1.29 is 4.79 Å². The maximum Gasteiger partial charge on any atom is 0.150 e. The summed E-state index contributed by atoms with van der Waals surface area (Å²) in [7, 11) is 0. The van der Waals surface area contributed by atoms with Crippen molar-refractivity contribution in [3.8, 4) is 6.07 Å². The van der Waals surface area contributed by atoms with E-state index >= 15 is 0 Å². The average molecular weight is 214 g/mol. The highest BCUT2D eigenvalue weighted by Crippen LogP contribution is 2.22. The summed E-state index contributed by atoms with van der Waals surface area (Å²) in [5, 5.41) is 8.77. The van der Waals surface area contributed by atoms with Crippen LogP contribution in [0.3, 0.4) is 0 Å². The minimum atomic E-state index is -0.0279. The van der Waals surface area contributed by atoms with Crippen molar-refractivity contribution in [2.45, 2.75) is 25.4 Å². The van der Waals surface area contributed by atoms with Crippen molar-refractivity contribution in [3.63, 3.8) is 0 Å². The normalized spacial score (nSPS) is 19.2. The quantitative estimate of drug-likeness (QED) is 0.717. The van der Waals surface area contributed by atoms with Crippen LogP contribution in [0.15, 0.2) is 30.3 Å². The summed E-state index contributed by atoms with van der Waals surface area (Å²) in [5.74, 6) is 0.270. The van der Waals surface area contributed by atoms with Gasteiger partial charge in [0.25, 0.3) is 0 Å². The van der Waals surface area contributed by atoms with Crippen molar-refractivity contribution in [1.82, 2.24) is 4.90 Å². The van der Waals surface area contributed by atoms with E-state index in [-0.39, 0.29) is 11.8 Å². The van der Waals surface area contributed by atoms with E-state index in [2.05, 4.69) is 6.07 Å². The number of rotatable bonds is 4. The standard InChI is InChI=1S/C13H14N2O/c14-8-9-15(12-6-7-13(12)16)10-11-4-2-1-3-5-11/h1-5,12H,6-7,9-10H2. The number of benzene rings is 1. The van der Waals surface area contributed by atoms with Gasteiger partial charge in [0.15, 0.2) is 0 Å². The van der Waals surface area contributed by atoms with Gasteiger partial charge < -0.3 is 0 Å². The molecule has 82 valence electrons. The Kier molecular flexibility index (Phi) is 3.33. The molecular formula is C13H14N2O. The third-order valence-corrected chi connectivity index (χ3v) is 2.98. The molecule has 1 aliphatic carbocycles. The summed E-state index contributed by atoms with van der Waals surface area (Å²) in [5.41, 5.74) is 1.15. The first kappa shape index (κ1) is 10.8. The molecule has 0 bridgehead atoms. The largest absolute Gasteiger partial charge is 0.298 e. The highest BCUT2D eigenvalue weighted by molar-refractivity contribution is 5.89. The molecule has 0 aliphatic heterocycles. The molecule has 2 rings (SSSR count). The van der Waals surface area contributed by atoms with Gasteiger partial charge in [-0.25, -0.2) is 0 Å². The third kappa shape index (κ3) is 2.29. The number of carbonyl (C=O) groups excluding carboxylic acids is 1. The highest BCUT2D eigenvalue weighted by Gasteiger charge is 2.33. The molecule has 0 saturated heterocycles. The van der Waals surface area contributed by atoms with Crippen molar-refractivity contribution in [2.75, 3.05) is 6.54 Å². The Morgan fingerprint density at radius 2 is 2.12 bits per heavy atom. The molecule has 1 saturated carbocycles. The van der Waals surface area contributed by atoms with E-state index in [0.29, 0.717) is 19.5 Å². The Morgan fingerprint density at radius 3 is 2.62 bits per heavy atom. The van der Waals surface area contributed by atoms with Crippen molar-refractivity contribution in [1.29, 1.82) is 5.26 Å². The van der Waals surface area contributed by atoms with Crippen molar-refractivity contribution >= 4 is 5.78 Å². The number of nitrogens with zero attached hydrogens (tertiary/aromatic N) is 2. The van der Waals surface area contributed by atoms with Crippen LogP contribution in [0.2, 0.25) is 0 Å². The predicted molar refractivity (Wildman–Crippen MR) is 60.5 cm³/mol. The molecule has 1 aromatic rings. The molecule has 1 fully saturated rings. The van der Waals surface area contributed by atoms with Gasteiger partial charge in [0.1, 0.15) is 5.78 Å². The fraction of sp³-hybridized carbons (Fsp3) is 0.385. The fourth-order valence-corrected chi connectivity index (χ4v) is 1.96. The maximum atomic E-state index is 11.4. The van der Waals surface area contributed by atoms with Gasteiger partial charge in [-0.05, 0) is 12.0 Å². The molecule has 1 aromatic carbocycles. The van der Waals surface area contributed by atoms with Gasteiger partial charge in [0.05, 0.1) is 18.7 Å². The summed E-state index contributed by atoms with van der Waals surface area (Å²) < 4.78 is 0. The Labute approximate surface area is 95.3 Å². The van der Waals surface area contributed by atoms with Crippen LogP contribution in [0.5, 0.6) is 0 Å². The molecule has 3 nitrogen and oxygen atoms in total. The van der Waals surface area contributed by atoms with Crippen LogP contribution in [-0.2, 0) is 11.3 Å². The number of ketones is 1. The zero-order valence-corrected chi connectivity index (χ0v) is 9.10. The molecule has 1 atom stereocenters. The summed E-state index contributed by atoms with van der Waals surface area (Å²) >= 11 is 0. The van der Waals surface area contributed by atoms with Gasteiger partial charge in [-0.15, -0.1) is 0 Å². The van der Waals surface area contributed by atoms with Crippen LogP contribution in [0.1, 0.15) is 18.4 Å². The lowest BCUT2D eigenvalue weighted by molar-refractivity contribution is -0.131. The minimum Gasteiger partial charge on any atom is -0.298 e. The third-order valence-electron chi connectivity index (χ3n) is 2.98. The zero-order valence-electron chi connectivity index (χ0n) is 9.10. The second-order valence-corrected chi connectivity index (χ2v) is 4.07. The van der Waals surface area contributed by atoms with E-state index in [0.717, 1.165) is 12.0 Å². The van der Waals surface area contributed by atoms with E-state index in [1.165, 1.54) is 0 Å². The predicted octanol–water partition coefficient (Wildman–Crippen LogP) is 1.74. The summed E-state index contributed by atoms with van der Waals surface area (Å²) in [4.78, 5) is 13.3. The van der Waals surface area contributed by atoms with Crippen molar-refractivity contribution in [3.05, 3.63) is 35.9 Å². The topological polar surface area (TPSA) is 44.1 Å². The smallest absolute Gasteiger partial charge is 0.150 e. The highest BCUT2D eigenvalue weighted by atomic mass is 16.1. The number of carbonyl (C=O) groups is 1. The van der Waals surface area contributed by atoms with E-state index in [4.69, 9.17) is 5.26 Å². The van der Waals surface area contributed by atoms with Gasteiger partial charge in [0, 0.05) is 13.0 Å². The first-order valence-corrected chi connectivity index (χ1v) is 5.49. The first-order valence-electron chi connectivity index (χ1n) is 5.49. The Balaban J connectivity index is 2.03. The van der Waals surface area contributed by atoms with Gasteiger partial charge in [-0.2, -0.15) is 5.26 Å². The maximum absolute atomic E-state index is 11.4. The van der Waals surface area contributed by atoms with Crippen LogP contribution in [-0.4, -0.2) is 23.3 Å². The molecule has 0 spiro atoms. The van der Waals surface area contributed by atoms with Gasteiger partial charge in [-0.3, -0.25) is 9.69 Å². The van der Waals surface area contributed by atoms with Gasteiger partial charge >= 0.3 is 0 Å². The number of hydrogen-bond donors (Lipinski definition) is 0. The molecule has 16 heavy (non-hydrogen) atoms. The molecule has 0 radical (unpaired) electrons. The summed E-state index contributed by atoms with van der Waals surface area (Å²) in [6.45, 7) is 1.01. The van der Waals surface area contributed by atoms with Crippen LogP contribution in [0.4, 0.5) is 0 Å². The molecule has 0 amide bonds. The number of nitriles is 1. The molecule has 3 heteroatoms. The lowest BCUT2D eigenvalue weighted by Gasteiger charge is -2.34. The Bertz CT molecular complexity index is 408. The summed E-state index contributed by atoms with van der Waals surface area (Å²) in [6.07, 6.45) is 1.56. The van der Waals surface area contributed by atoms with Crippen LogP contribution < -0.4 is 0 Å². The fourth-order valence-electron chi connectivity index (χ4n) is 1.96. The van der Waals surface area contributed by atoms with Crippen LogP contribution >= 0.6 is 0 Å². The Hall–Kier alpha value is -1.66. The Morgan fingerprint density at radius 1 is 1.38 bits per heavy atom. The lowest BCUT2D eigenvalue weighted by atomic mass is 9.89. The first-order chi connectivity index (χ1) is 7.81. The second-order valence-electron chi connectivity index (χ2n) is 4.07. The SMILES string of the molecule is N#CCN(Cc1ccccc1)C1CCC1=O. The molecule has 0 N–H and O–H groups in total. The van der Waals surface area contributed by atoms with E-state index in [9.17, 15) is 4.79 Å². The van der Waals surface area contributed by atoms with Crippen molar-refractivity contribution in [2.24, 2.45) is 0 Å². The molecule has 0 heterocycles. The van der Waals surface area contributed by atoms with Crippen LogP contribution in [0, 0.1) is 11.3 Å². The van der Waals surface area contributed by atoms with Gasteiger partial charge in [-0.1, -0.05) is 30.3 Å². The average Bonchev–Trinajstić information content (AvgIpc) is 2.29. The monoisotopic (exact) mass is 214 g/mol. The zero-order chi connectivity index (χ0) is 11.4. The number of Topliss-reactive ketones (excluding diaryl/α,β-unsaturated/α-hetero) is 1. The lowest BCUT2D eigenvalue weighted by Crippen LogP contribution is -2.47. The molecule has 0 aromatic heterocycles. The number of hydrogen-bond acceptors (Lipinski definition) is 3. The molecule has 1 unspecified atom stereocenters. The van der Waals surface area contributed by atoms with E-state index in [1.54, 1.807) is 0 Å². The second kappa shape index (κ2) is 4.91. The van der Waals surface area contributed by atoms with Gasteiger partial charge in [0.2, 0.25) is 0 Å². The van der Waals surface area contributed by atoms with E-state index in [1.807, 2.05) is 35.2 Å².